The standard InChI is InChI=1S/C13H24N4/c1-10(2)13(14)12-6-15-17(9-12)8-11-4-5-16(3)7-11/h6,9-11,13H,4-5,7-8,14H2,1-3H3/t11-,13?/m0/s1. The number of rotatable bonds is 4. The minimum atomic E-state index is 0.106. The van der Waals surface area contributed by atoms with E-state index in [2.05, 4.69) is 41.8 Å². The molecule has 1 aromatic rings. The van der Waals surface area contributed by atoms with Crippen molar-refractivity contribution in [3.05, 3.63) is 18.0 Å². The zero-order valence-electron chi connectivity index (χ0n) is 11.1. The van der Waals surface area contributed by atoms with E-state index in [9.17, 15) is 0 Å². The van der Waals surface area contributed by atoms with Gasteiger partial charge in [-0.3, -0.25) is 4.68 Å². The predicted molar refractivity (Wildman–Crippen MR) is 69.6 cm³/mol. The van der Waals surface area contributed by atoms with Gasteiger partial charge in [-0.2, -0.15) is 5.10 Å². The van der Waals surface area contributed by atoms with Gasteiger partial charge in [-0.15, -0.1) is 0 Å². The molecule has 2 N–H and O–H groups in total. The Morgan fingerprint density at radius 2 is 2.29 bits per heavy atom. The molecule has 0 aromatic carbocycles. The number of nitrogens with two attached hydrogens (primary N) is 1. The maximum absolute atomic E-state index is 6.12. The molecule has 2 rings (SSSR count). The normalized spacial score (nSPS) is 23.5. The maximum Gasteiger partial charge on any atom is 0.0537 e. The summed E-state index contributed by atoms with van der Waals surface area (Å²) in [7, 11) is 2.18. The van der Waals surface area contributed by atoms with Crippen LogP contribution in [0.15, 0.2) is 12.4 Å². The van der Waals surface area contributed by atoms with E-state index in [-0.39, 0.29) is 6.04 Å². The van der Waals surface area contributed by atoms with Gasteiger partial charge < -0.3 is 10.6 Å². The first-order valence-electron chi connectivity index (χ1n) is 6.52. The molecule has 0 spiro atoms. The Morgan fingerprint density at radius 3 is 2.88 bits per heavy atom. The summed E-state index contributed by atoms with van der Waals surface area (Å²) in [4.78, 5) is 2.38. The van der Waals surface area contributed by atoms with Crippen molar-refractivity contribution in [2.75, 3.05) is 20.1 Å². The highest BCUT2D eigenvalue weighted by molar-refractivity contribution is 5.10. The molecule has 4 nitrogen and oxygen atoms in total. The van der Waals surface area contributed by atoms with E-state index in [1.165, 1.54) is 19.5 Å². The van der Waals surface area contributed by atoms with E-state index in [4.69, 9.17) is 5.73 Å². The average molecular weight is 236 g/mol. The summed E-state index contributed by atoms with van der Waals surface area (Å²) < 4.78 is 2.06. The van der Waals surface area contributed by atoms with Crippen molar-refractivity contribution in [3.8, 4) is 0 Å². The molecule has 0 bridgehead atoms. The quantitative estimate of drug-likeness (QED) is 0.861. The van der Waals surface area contributed by atoms with E-state index in [1.54, 1.807) is 0 Å². The van der Waals surface area contributed by atoms with Crippen molar-refractivity contribution in [1.29, 1.82) is 0 Å². The highest BCUT2D eigenvalue weighted by Gasteiger charge is 2.20. The molecule has 96 valence electrons. The molecule has 0 radical (unpaired) electrons. The highest BCUT2D eigenvalue weighted by Crippen LogP contribution is 2.20. The zero-order valence-corrected chi connectivity index (χ0v) is 11.1. The smallest absolute Gasteiger partial charge is 0.0537 e. The Kier molecular flexibility index (Phi) is 3.84. The minimum absolute atomic E-state index is 0.106. The fraction of sp³-hybridized carbons (Fsp3) is 0.769. The number of nitrogens with zero attached hydrogens (tertiary/aromatic N) is 3. The Bertz CT molecular complexity index is 358. The van der Waals surface area contributed by atoms with E-state index in [1.807, 2.05) is 6.20 Å². The van der Waals surface area contributed by atoms with Crippen LogP contribution in [0.2, 0.25) is 0 Å². The molecule has 1 unspecified atom stereocenters. The largest absolute Gasteiger partial charge is 0.324 e. The second-order valence-corrected chi connectivity index (χ2v) is 5.68. The molecule has 17 heavy (non-hydrogen) atoms. The zero-order chi connectivity index (χ0) is 12.4. The molecule has 1 aliphatic heterocycles. The third-order valence-electron chi connectivity index (χ3n) is 3.69. The number of hydrogen-bond acceptors (Lipinski definition) is 3. The molecule has 0 saturated carbocycles. The van der Waals surface area contributed by atoms with Crippen molar-refractivity contribution in [2.45, 2.75) is 32.9 Å². The lowest BCUT2D eigenvalue weighted by Gasteiger charge is -2.13. The van der Waals surface area contributed by atoms with Crippen LogP contribution in [0.25, 0.3) is 0 Å². The molecular formula is C13H24N4. The van der Waals surface area contributed by atoms with Gasteiger partial charge in [-0.25, -0.2) is 0 Å². The van der Waals surface area contributed by atoms with Crippen LogP contribution in [0.4, 0.5) is 0 Å². The topological polar surface area (TPSA) is 47.1 Å². The van der Waals surface area contributed by atoms with Crippen molar-refractivity contribution < 1.29 is 0 Å². The van der Waals surface area contributed by atoms with Gasteiger partial charge in [0.05, 0.1) is 6.20 Å². The van der Waals surface area contributed by atoms with Crippen LogP contribution in [0, 0.1) is 11.8 Å². The summed E-state index contributed by atoms with van der Waals surface area (Å²) in [5.74, 6) is 1.20. The third-order valence-corrected chi connectivity index (χ3v) is 3.69. The van der Waals surface area contributed by atoms with E-state index in [0.29, 0.717) is 5.92 Å². The molecule has 0 amide bonds. The fourth-order valence-electron chi connectivity index (χ4n) is 2.48. The van der Waals surface area contributed by atoms with Gasteiger partial charge >= 0.3 is 0 Å². The lowest BCUT2D eigenvalue weighted by molar-refractivity contribution is 0.370. The molecule has 1 aliphatic rings. The van der Waals surface area contributed by atoms with Crippen molar-refractivity contribution in [2.24, 2.45) is 17.6 Å². The van der Waals surface area contributed by atoms with Crippen LogP contribution in [0.1, 0.15) is 31.9 Å². The Hall–Kier alpha value is -0.870. The van der Waals surface area contributed by atoms with Crippen molar-refractivity contribution in [1.82, 2.24) is 14.7 Å². The summed E-state index contributed by atoms with van der Waals surface area (Å²) in [6.45, 7) is 7.72. The first kappa shape index (κ1) is 12.6. The fourth-order valence-corrected chi connectivity index (χ4v) is 2.48. The monoisotopic (exact) mass is 236 g/mol. The summed E-state index contributed by atoms with van der Waals surface area (Å²) in [5, 5.41) is 4.43. The van der Waals surface area contributed by atoms with Crippen molar-refractivity contribution >= 4 is 0 Å². The van der Waals surface area contributed by atoms with Crippen LogP contribution in [0.5, 0.6) is 0 Å². The first-order chi connectivity index (χ1) is 8.06. The van der Waals surface area contributed by atoms with Crippen LogP contribution in [0.3, 0.4) is 0 Å². The van der Waals surface area contributed by atoms with Crippen LogP contribution in [-0.2, 0) is 6.54 Å². The second kappa shape index (κ2) is 5.19. The van der Waals surface area contributed by atoms with E-state index >= 15 is 0 Å². The summed E-state index contributed by atoms with van der Waals surface area (Å²) in [6, 6.07) is 0.106. The Balaban J connectivity index is 1.94. The lowest BCUT2D eigenvalue weighted by atomic mass is 10.0. The minimum Gasteiger partial charge on any atom is -0.324 e. The van der Waals surface area contributed by atoms with E-state index < -0.39 is 0 Å². The summed E-state index contributed by atoms with van der Waals surface area (Å²) in [6.07, 6.45) is 5.31. The number of likely N-dealkylation sites (tertiary alicyclic amines) is 1. The molecule has 2 atom stereocenters. The van der Waals surface area contributed by atoms with Gasteiger partial charge in [-0.1, -0.05) is 13.8 Å². The Labute approximate surface area is 104 Å². The number of aromatic nitrogens is 2. The lowest BCUT2D eigenvalue weighted by Crippen LogP contribution is -2.18. The Morgan fingerprint density at radius 1 is 1.53 bits per heavy atom. The SMILES string of the molecule is CC(C)C(N)c1cnn(C[C@H]2CCN(C)C2)c1. The molecule has 2 heterocycles. The van der Waals surface area contributed by atoms with Gasteiger partial charge in [0.15, 0.2) is 0 Å². The van der Waals surface area contributed by atoms with Crippen LogP contribution >= 0.6 is 0 Å². The van der Waals surface area contributed by atoms with Gasteiger partial charge in [0.2, 0.25) is 0 Å². The molecule has 0 aliphatic carbocycles. The summed E-state index contributed by atoms with van der Waals surface area (Å²) in [5.41, 5.74) is 7.28. The highest BCUT2D eigenvalue weighted by atomic mass is 15.3. The first-order valence-corrected chi connectivity index (χ1v) is 6.52. The average Bonchev–Trinajstić information content (AvgIpc) is 2.87. The predicted octanol–water partition coefficient (Wildman–Crippen LogP) is 1.49. The molecule has 4 heteroatoms. The molecule has 1 fully saturated rings. The second-order valence-electron chi connectivity index (χ2n) is 5.68. The van der Waals surface area contributed by atoms with Gasteiger partial charge in [-0.05, 0) is 31.8 Å². The van der Waals surface area contributed by atoms with Gasteiger partial charge in [0, 0.05) is 30.9 Å². The molecular weight excluding hydrogens is 212 g/mol. The third kappa shape index (κ3) is 3.07. The van der Waals surface area contributed by atoms with Crippen LogP contribution < -0.4 is 5.73 Å². The number of hydrogen-bond donors (Lipinski definition) is 1. The maximum atomic E-state index is 6.12. The molecule has 1 aromatic heterocycles. The van der Waals surface area contributed by atoms with Gasteiger partial charge in [0.25, 0.3) is 0 Å². The molecule has 1 saturated heterocycles. The van der Waals surface area contributed by atoms with Crippen LogP contribution in [-0.4, -0.2) is 34.8 Å². The van der Waals surface area contributed by atoms with Crippen molar-refractivity contribution in [3.63, 3.8) is 0 Å². The van der Waals surface area contributed by atoms with E-state index in [0.717, 1.165) is 18.0 Å². The van der Waals surface area contributed by atoms with Gasteiger partial charge in [0.1, 0.15) is 0 Å². The summed E-state index contributed by atoms with van der Waals surface area (Å²) >= 11 is 0.